The van der Waals surface area contributed by atoms with E-state index in [4.69, 9.17) is 9.84 Å². The molecule has 0 aromatic heterocycles. The van der Waals surface area contributed by atoms with Crippen molar-refractivity contribution in [1.29, 1.82) is 0 Å². The van der Waals surface area contributed by atoms with Gasteiger partial charge in [-0.05, 0) is 28.8 Å². The summed E-state index contributed by atoms with van der Waals surface area (Å²) in [5, 5.41) is 24.7. The lowest BCUT2D eigenvalue weighted by Crippen LogP contribution is -2.57. The van der Waals surface area contributed by atoms with Crippen LogP contribution in [0.3, 0.4) is 0 Å². The highest BCUT2D eigenvalue weighted by molar-refractivity contribution is 5.85. The molecule has 0 aliphatic carbocycles. The third-order valence-electron chi connectivity index (χ3n) is 5.24. The zero-order valence-electron chi connectivity index (χ0n) is 17.7. The Kier molecular flexibility index (Phi) is 7.59. The normalized spacial score (nSPS) is 12.1. The standard InChI is InChI=1S/C25H26N2O5/c1-32-21-14-12-20(13-15-21)25(18-8-4-2-5-9-18,19-10-6-3-7-11-19)27-22(17-28)24(31)26-16-23(29)30/h2-15,22,27-28H,16-17H2,1H3,(H,26,31)(H,29,30)/t22-/m0/s1. The van der Waals surface area contributed by atoms with Crippen molar-refractivity contribution in [3.8, 4) is 5.75 Å². The molecule has 1 amide bonds. The number of methoxy groups -OCH3 is 1. The van der Waals surface area contributed by atoms with Crippen LogP contribution in [-0.4, -0.2) is 48.4 Å². The molecule has 1 atom stereocenters. The minimum Gasteiger partial charge on any atom is -0.497 e. The van der Waals surface area contributed by atoms with Crippen LogP contribution in [0.2, 0.25) is 0 Å². The molecule has 0 saturated carbocycles. The summed E-state index contributed by atoms with van der Waals surface area (Å²) < 4.78 is 5.31. The molecule has 0 unspecified atom stereocenters. The van der Waals surface area contributed by atoms with Crippen molar-refractivity contribution in [2.24, 2.45) is 0 Å². The van der Waals surface area contributed by atoms with E-state index in [2.05, 4.69) is 10.6 Å². The molecule has 0 saturated heterocycles. The van der Waals surface area contributed by atoms with Gasteiger partial charge in [0.15, 0.2) is 0 Å². The molecule has 0 aliphatic rings. The SMILES string of the molecule is COc1ccc(C(N[C@@H](CO)C(=O)NCC(=O)O)(c2ccccc2)c2ccccc2)cc1. The Bertz CT molecular complexity index is 984. The number of aliphatic carboxylic acids is 1. The van der Waals surface area contributed by atoms with E-state index in [1.807, 2.05) is 84.9 Å². The smallest absolute Gasteiger partial charge is 0.322 e. The van der Waals surface area contributed by atoms with Crippen molar-refractivity contribution in [1.82, 2.24) is 10.6 Å². The number of carbonyl (C=O) groups excluding carboxylic acids is 1. The predicted octanol–water partition coefficient (Wildman–Crippen LogP) is 2.14. The number of amides is 1. The number of carboxylic acids is 1. The molecular formula is C25H26N2O5. The van der Waals surface area contributed by atoms with Gasteiger partial charge in [-0.15, -0.1) is 0 Å². The highest BCUT2D eigenvalue weighted by Crippen LogP contribution is 2.38. The number of benzene rings is 3. The second-order valence-electron chi connectivity index (χ2n) is 7.20. The summed E-state index contributed by atoms with van der Waals surface area (Å²) in [4.78, 5) is 23.6. The predicted molar refractivity (Wildman–Crippen MR) is 120 cm³/mol. The Morgan fingerprint density at radius 2 is 1.38 bits per heavy atom. The van der Waals surface area contributed by atoms with Crippen molar-refractivity contribution in [3.63, 3.8) is 0 Å². The Labute approximate surface area is 186 Å². The number of carbonyl (C=O) groups is 2. The summed E-state index contributed by atoms with van der Waals surface area (Å²) >= 11 is 0. The first-order valence-electron chi connectivity index (χ1n) is 10.1. The van der Waals surface area contributed by atoms with Crippen LogP contribution >= 0.6 is 0 Å². The monoisotopic (exact) mass is 434 g/mol. The minimum absolute atomic E-state index is 0.525. The van der Waals surface area contributed by atoms with Crippen LogP contribution in [0.15, 0.2) is 84.9 Å². The lowest BCUT2D eigenvalue weighted by Gasteiger charge is -2.39. The molecule has 166 valence electrons. The highest BCUT2D eigenvalue weighted by Gasteiger charge is 2.39. The third kappa shape index (κ3) is 4.96. The summed E-state index contributed by atoms with van der Waals surface area (Å²) in [5.41, 5.74) is 1.50. The maximum atomic E-state index is 12.7. The quantitative estimate of drug-likeness (QED) is 0.364. The fraction of sp³-hybridized carbons (Fsp3) is 0.200. The molecular weight excluding hydrogens is 408 g/mol. The van der Waals surface area contributed by atoms with E-state index in [0.717, 1.165) is 16.7 Å². The van der Waals surface area contributed by atoms with Crippen LogP contribution < -0.4 is 15.4 Å². The summed E-state index contributed by atoms with van der Waals surface area (Å²) in [6, 6.07) is 25.5. The van der Waals surface area contributed by atoms with Gasteiger partial charge < -0.3 is 20.3 Å². The summed E-state index contributed by atoms with van der Waals surface area (Å²) in [5.74, 6) is -1.09. The molecule has 3 aromatic rings. The van der Waals surface area contributed by atoms with Gasteiger partial charge in [0.1, 0.15) is 18.3 Å². The summed E-state index contributed by atoms with van der Waals surface area (Å²) in [7, 11) is 1.59. The number of aliphatic hydroxyl groups excluding tert-OH is 1. The van der Waals surface area contributed by atoms with Crippen LogP contribution in [0, 0.1) is 0 Å². The van der Waals surface area contributed by atoms with Gasteiger partial charge in [0.2, 0.25) is 5.91 Å². The molecule has 3 aromatic carbocycles. The van der Waals surface area contributed by atoms with Crippen LogP contribution in [-0.2, 0) is 15.1 Å². The zero-order valence-corrected chi connectivity index (χ0v) is 17.7. The fourth-order valence-electron chi connectivity index (χ4n) is 3.71. The van der Waals surface area contributed by atoms with E-state index >= 15 is 0 Å². The molecule has 7 nitrogen and oxygen atoms in total. The number of rotatable bonds is 10. The van der Waals surface area contributed by atoms with E-state index in [1.165, 1.54) is 0 Å². The second-order valence-corrected chi connectivity index (χ2v) is 7.20. The number of hydrogen-bond acceptors (Lipinski definition) is 5. The van der Waals surface area contributed by atoms with Crippen LogP contribution in [0.4, 0.5) is 0 Å². The van der Waals surface area contributed by atoms with Gasteiger partial charge in [-0.1, -0.05) is 72.8 Å². The maximum Gasteiger partial charge on any atom is 0.322 e. The number of hydrogen-bond donors (Lipinski definition) is 4. The lowest BCUT2D eigenvalue weighted by molar-refractivity contribution is -0.138. The maximum absolute atomic E-state index is 12.7. The van der Waals surface area contributed by atoms with Crippen molar-refractivity contribution in [3.05, 3.63) is 102 Å². The molecule has 0 bridgehead atoms. The van der Waals surface area contributed by atoms with E-state index in [-0.39, 0.29) is 0 Å². The first kappa shape index (κ1) is 23.0. The molecule has 0 spiro atoms. The summed E-state index contributed by atoms with van der Waals surface area (Å²) in [6.45, 7) is -1.06. The summed E-state index contributed by atoms with van der Waals surface area (Å²) in [6.07, 6.45) is 0. The van der Waals surface area contributed by atoms with E-state index in [9.17, 15) is 14.7 Å². The molecule has 32 heavy (non-hydrogen) atoms. The number of aliphatic hydroxyl groups is 1. The number of nitrogens with one attached hydrogen (secondary N) is 2. The van der Waals surface area contributed by atoms with Gasteiger partial charge in [0, 0.05) is 0 Å². The van der Waals surface area contributed by atoms with Crippen molar-refractivity contribution in [2.75, 3.05) is 20.3 Å². The number of ether oxygens (including phenoxy) is 1. The second kappa shape index (κ2) is 10.6. The van der Waals surface area contributed by atoms with Gasteiger partial charge in [0.05, 0.1) is 19.3 Å². The van der Waals surface area contributed by atoms with Crippen molar-refractivity contribution >= 4 is 11.9 Å². The van der Waals surface area contributed by atoms with E-state index in [1.54, 1.807) is 7.11 Å². The first-order valence-corrected chi connectivity index (χ1v) is 10.1. The zero-order chi connectivity index (χ0) is 23.0. The Morgan fingerprint density at radius 3 is 1.81 bits per heavy atom. The highest BCUT2D eigenvalue weighted by atomic mass is 16.5. The minimum atomic E-state index is -1.16. The molecule has 0 aliphatic heterocycles. The molecule has 7 heteroatoms. The average molecular weight is 434 g/mol. The lowest BCUT2D eigenvalue weighted by atomic mass is 9.76. The first-order chi connectivity index (χ1) is 15.5. The number of carboxylic acid groups (broad SMARTS) is 1. The molecule has 0 fully saturated rings. The van der Waals surface area contributed by atoms with E-state index < -0.39 is 36.6 Å². The van der Waals surface area contributed by atoms with Crippen molar-refractivity contribution < 1.29 is 24.5 Å². The molecule has 0 radical (unpaired) electrons. The Balaban J connectivity index is 2.18. The van der Waals surface area contributed by atoms with Crippen LogP contribution in [0.5, 0.6) is 5.75 Å². The van der Waals surface area contributed by atoms with Gasteiger partial charge in [-0.2, -0.15) is 0 Å². The molecule has 4 N–H and O–H groups in total. The molecule has 3 rings (SSSR count). The van der Waals surface area contributed by atoms with Gasteiger partial charge in [-0.3, -0.25) is 14.9 Å². The molecule has 0 heterocycles. The van der Waals surface area contributed by atoms with E-state index in [0.29, 0.717) is 5.75 Å². The van der Waals surface area contributed by atoms with Crippen LogP contribution in [0.1, 0.15) is 16.7 Å². The average Bonchev–Trinajstić information content (AvgIpc) is 2.85. The topological polar surface area (TPSA) is 108 Å². The fourth-order valence-corrected chi connectivity index (χ4v) is 3.71. The Hall–Kier alpha value is -3.68. The Morgan fingerprint density at radius 1 is 0.875 bits per heavy atom. The van der Waals surface area contributed by atoms with Crippen LogP contribution in [0.25, 0.3) is 0 Å². The van der Waals surface area contributed by atoms with Gasteiger partial charge in [-0.25, -0.2) is 0 Å². The third-order valence-corrected chi connectivity index (χ3v) is 5.24. The largest absolute Gasteiger partial charge is 0.497 e. The van der Waals surface area contributed by atoms with Crippen molar-refractivity contribution in [2.45, 2.75) is 11.6 Å². The van der Waals surface area contributed by atoms with Gasteiger partial charge in [0.25, 0.3) is 0 Å². The van der Waals surface area contributed by atoms with Gasteiger partial charge >= 0.3 is 5.97 Å².